The highest BCUT2D eigenvalue weighted by Gasteiger charge is 2.47. The Hall–Kier alpha value is -2.31. The number of nitrogens with zero attached hydrogens (tertiary/aromatic N) is 1. The fourth-order valence-corrected chi connectivity index (χ4v) is 2.48. The van der Waals surface area contributed by atoms with Gasteiger partial charge in [-0.25, -0.2) is 9.18 Å². The van der Waals surface area contributed by atoms with E-state index in [0.29, 0.717) is 29.6 Å². The van der Waals surface area contributed by atoms with E-state index in [9.17, 15) is 14.0 Å². The minimum atomic E-state index is -2.37. The van der Waals surface area contributed by atoms with Gasteiger partial charge in [0.05, 0.1) is 20.3 Å². The lowest BCUT2D eigenvalue weighted by Gasteiger charge is -2.19. The van der Waals surface area contributed by atoms with Crippen molar-refractivity contribution in [3.05, 3.63) is 23.8 Å². The molecule has 24 heavy (non-hydrogen) atoms. The number of aliphatic carboxylic acids is 1. The normalized spacial score (nSPS) is 20.3. The molecule has 1 aliphatic rings. The summed E-state index contributed by atoms with van der Waals surface area (Å²) < 4.78 is 25.0. The van der Waals surface area contributed by atoms with Crippen molar-refractivity contribution in [2.45, 2.75) is 25.9 Å². The number of rotatable bonds is 6. The highest BCUT2D eigenvalue weighted by Crippen LogP contribution is 2.31. The molecule has 0 radical (unpaired) electrons. The maximum absolute atomic E-state index is 14.1. The van der Waals surface area contributed by atoms with E-state index in [-0.39, 0.29) is 13.0 Å². The Morgan fingerprint density at radius 3 is 2.62 bits per heavy atom. The maximum Gasteiger partial charge on any atom is 0.343 e. The van der Waals surface area contributed by atoms with E-state index in [4.69, 9.17) is 14.6 Å². The number of carboxylic acid groups (broad SMARTS) is 1. The van der Waals surface area contributed by atoms with Gasteiger partial charge in [0.2, 0.25) is 5.67 Å². The summed E-state index contributed by atoms with van der Waals surface area (Å²) in [5.41, 5.74) is -2.07. The molecule has 1 N–H and O–H groups in total. The van der Waals surface area contributed by atoms with Crippen molar-refractivity contribution in [1.82, 2.24) is 4.90 Å². The first kappa shape index (κ1) is 18.0. The summed E-state index contributed by atoms with van der Waals surface area (Å²) in [4.78, 5) is 24.6. The largest absolute Gasteiger partial charge is 0.493 e. The van der Waals surface area contributed by atoms with E-state index in [2.05, 4.69) is 0 Å². The lowest BCUT2D eigenvalue weighted by Crippen LogP contribution is -2.38. The van der Waals surface area contributed by atoms with Crippen molar-refractivity contribution in [3.63, 3.8) is 0 Å². The molecule has 0 spiro atoms. The number of carbonyl (C=O) groups is 2. The van der Waals surface area contributed by atoms with Crippen LogP contribution in [0.2, 0.25) is 0 Å². The molecule has 2 rings (SSSR count). The van der Waals surface area contributed by atoms with Crippen LogP contribution in [-0.2, 0) is 4.79 Å². The van der Waals surface area contributed by atoms with Gasteiger partial charge in [-0.05, 0) is 24.1 Å². The van der Waals surface area contributed by atoms with Crippen molar-refractivity contribution < 1.29 is 28.6 Å². The minimum absolute atomic E-state index is 0.0650. The molecule has 1 amide bonds. The number of methoxy groups -OCH3 is 1. The Bertz CT molecular complexity index is 633. The summed E-state index contributed by atoms with van der Waals surface area (Å²) in [6, 6.07) is 4.72. The first-order valence-corrected chi connectivity index (χ1v) is 7.79. The van der Waals surface area contributed by atoms with Crippen LogP contribution in [0.5, 0.6) is 11.5 Å². The first-order chi connectivity index (χ1) is 11.3. The number of ether oxygens (including phenoxy) is 2. The number of hydrogen-bond acceptors (Lipinski definition) is 4. The fraction of sp³-hybridized carbons (Fsp3) is 0.529. The zero-order chi connectivity index (χ0) is 17.9. The lowest BCUT2D eigenvalue weighted by atomic mass is 10.1. The van der Waals surface area contributed by atoms with Crippen LogP contribution in [-0.4, -0.2) is 54.4 Å². The Labute approximate surface area is 140 Å². The summed E-state index contributed by atoms with van der Waals surface area (Å²) in [6.45, 7) is 4.16. The molecule has 1 fully saturated rings. The van der Waals surface area contributed by atoms with Crippen molar-refractivity contribution >= 4 is 11.9 Å². The molecule has 1 heterocycles. The molecule has 0 bridgehead atoms. The summed E-state index contributed by atoms with van der Waals surface area (Å²) in [6.07, 6.45) is -0.208. The van der Waals surface area contributed by atoms with E-state index in [0.717, 1.165) is 0 Å². The van der Waals surface area contributed by atoms with Crippen molar-refractivity contribution in [3.8, 4) is 11.5 Å². The smallest absolute Gasteiger partial charge is 0.343 e. The van der Waals surface area contributed by atoms with Gasteiger partial charge in [0.25, 0.3) is 5.91 Å². The average molecular weight is 339 g/mol. The van der Waals surface area contributed by atoms with Gasteiger partial charge in [-0.15, -0.1) is 0 Å². The van der Waals surface area contributed by atoms with Gasteiger partial charge < -0.3 is 19.5 Å². The van der Waals surface area contributed by atoms with Crippen LogP contribution >= 0.6 is 0 Å². The number of hydrogen-bond donors (Lipinski definition) is 1. The van der Waals surface area contributed by atoms with Crippen molar-refractivity contribution in [2.75, 3.05) is 26.8 Å². The van der Waals surface area contributed by atoms with Gasteiger partial charge in [-0.3, -0.25) is 4.79 Å². The summed E-state index contributed by atoms with van der Waals surface area (Å²) in [7, 11) is 1.47. The number of alkyl halides is 1. The molecule has 0 aliphatic carbocycles. The Balaban J connectivity index is 2.14. The Kier molecular flexibility index (Phi) is 5.31. The third-order valence-corrected chi connectivity index (χ3v) is 3.87. The predicted octanol–water partition coefficient (Wildman–Crippen LogP) is 2.37. The van der Waals surface area contributed by atoms with E-state index in [1.165, 1.54) is 18.1 Å². The molecule has 132 valence electrons. The summed E-state index contributed by atoms with van der Waals surface area (Å²) >= 11 is 0. The molecule has 1 aromatic carbocycles. The number of likely N-dealkylation sites (tertiary alicyclic amines) is 1. The molecule has 1 atom stereocenters. The lowest BCUT2D eigenvalue weighted by molar-refractivity contribution is -0.149. The van der Waals surface area contributed by atoms with Crippen LogP contribution in [0.4, 0.5) is 4.39 Å². The van der Waals surface area contributed by atoms with Gasteiger partial charge in [-0.2, -0.15) is 0 Å². The molecule has 0 saturated carbocycles. The van der Waals surface area contributed by atoms with E-state index >= 15 is 0 Å². The number of benzene rings is 1. The Morgan fingerprint density at radius 1 is 1.38 bits per heavy atom. The topological polar surface area (TPSA) is 76.1 Å². The molecule has 7 heteroatoms. The van der Waals surface area contributed by atoms with Gasteiger partial charge in [0.15, 0.2) is 11.5 Å². The van der Waals surface area contributed by atoms with Crippen molar-refractivity contribution in [2.24, 2.45) is 5.92 Å². The highest BCUT2D eigenvalue weighted by atomic mass is 19.1. The quantitative estimate of drug-likeness (QED) is 0.861. The highest BCUT2D eigenvalue weighted by molar-refractivity contribution is 5.96. The zero-order valence-electron chi connectivity index (χ0n) is 14.0. The van der Waals surface area contributed by atoms with Gasteiger partial charge in [0.1, 0.15) is 0 Å². The monoisotopic (exact) mass is 339 g/mol. The maximum atomic E-state index is 14.1. The molecule has 1 saturated heterocycles. The first-order valence-electron chi connectivity index (χ1n) is 7.79. The minimum Gasteiger partial charge on any atom is -0.493 e. The van der Waals surface area contributed by atoms with Crippen LogP contribution in [0.15, 0.2) is 18.2 Å². The second kappa shape index (κ2) is 7.07. The SMILES string of the molecule is COc1cc(C(=O)N2CCC(F)(C(=O)O)C2)ccc1OCC(C)C. The van der Waals surface area contributed by atoms with Gasteiger partial charge >= 0.3 is 5.97 Å². The number of halogens is 1. The molecular formula is C17H22FNO5. The molecule has 6 nitrogen and oxygen atoms in total. The standard InChI is InChI=1S/C17H22FNO5/c1-11(2)9-24-13-5-4-12(8-14(13)23-3)15(20)19-7-6-17(18,10-19)16(21)22/h4-5,8,11H,6-7,9-10H2,1-3H3,(H,21,22). The second-order valence-corrected chi connectivity index (χ2v) is 6.32. The molecule has 1 aliphatic heterocycles. The number of amides is 1. The average Bonchev–Trinajstić information content (AvgIpc) is 2.96. The van der Waals surface area contributed by atoms with E-state index in [1.807, 2.05) is 13.8 Å². The van der Waals surface area contributed by atoms with Crippen LogP contribution in [0, 0.1) is 5.92 Å². The van der Waals surface area contributed by atoms with Crippen LogP contribution in [0.3, 0.4) is 0 Å². The molecule has 1 unspecified atom stereocenters. The second-order valence-electron chi connectivity index (χ2n) is 6.32. The third kappa shape index (κ3) is 3.77. The number of carboxylic acids is 1. The van der Waals surface area contributed by atoms with Crippen LogP contribution in [0.25, 0.3) is 0 Å². The Morgan fingerprint density at radius 2 is 2.08 bits per heavy atom. The van der Waals surface area contributed by atoms with Crippen LogP contribution in [0.1, 0.15) is 30.6 Å². The van der Waals surface area contributed by atoms with E-state index in [1.54, 1.807) is 12.1 Å². The molecule has 0 aromatic heterocycles. The molecule has 1 aromatic rings. The third-order valence-electron chi connectivity index (χ3n) is 3.87. The summed E-state index contributed by atoms with van der Waals surface area (Å²) in [5.74, 6) is -0.688. The van der Waals surface area contributed by atoms with Crippen LogP contribution < -0.4 is 9.47 Å². The zero-order valence-corrected chi connectivity index (χ0v) is 14.0. The van der Waals surface area contributed by atoms with E-state index < -0.39 is 24.1 Å². The van der Waals surface area contributed by atoms with Gasteiger partial charge in [-0.1, -0.05) is 13.8 Å². The van der Waals surface area contributed by atoms with Gasteiger partial charge in [0, 0.05) is 18.5 Å². The number of carbonyl (C=O) groups excluding carboxylic acids is 1. The fourth-order valence-electron chi connectivity index (χ4n) is 2.48. The molecular weight excluding hydrogens is 317 g/mol. The van der Waals surface area contributed by atoms with Crippen molar-refractivity contribution in [1.29, 1.82) is 0 Å². The predicted molar refractivity (Wildman–Crippen MR) is 85.3 cm³/mol. The summed E-state index contributed by atoms with van der Waals surface area (Å²) in [5, 5.41) is 8.92.